The van der Waals surface area contributed by atoms with Crippen LogP contribution in [-0.2, 0) is 16.1 Å². The summed E-state index contributed by atoms with van der Waals surface area (Å²) in [5.41, 5.74) is -0.362. The van der Waals surface area contributed by atoms with Crippen molar-refractivity contribution in [3.05, 3.63) is 28.7 Å². The summed E-state index contributed by atoms with van der Waals surface area (Å²) < 4.78 is 17.3. The van der Waals surface area contributed by atoms with Gasteiger partial charge in [-0.15, -0.1) is 0 Å². The Balaban J connectivity index is 1.56. The molecule has 1 amide bonds. The first-order chi connectivity index (χ1) is 17.1. The molecule has 0 unspecified atom stereocenters. The van der Waals surface area contributed by atoms with E-state index in [2.05, 4.69) is 10.00 Å². The van der Waals surface area contributed by atoms with Crippen LogP contribution in [-0.4, -0.2) is 85.6 Å². The first-order valence-corrected chi connectivity index (χ1v) is 12.7. The highest BCUT2D eigenvalue weighted by molar-refractivity contribution is 5.89. The average molecular weight is 487 g/mol. The normalized spacial score (nSPS) is 20.4. The van der Waals surface area contributed by atoms with Gasteiger partial charge in [0.25, 0.3) is 5.56 Å². The smallest absolute Gasteiger partial charge is 0.279 e. The fraction of sp³-hybridized carbons (Fsp3) is 0.654. The van der Waals surface area contributed by atoms with Crippen molar-refractivity contribution in [2.24, 2.45) is 5.92 Å². The minimum Gasteiger partial charge on any atom is -0.493 e. The van der Waals surface area contributed by atoms with Gasteiger partial charge in [-0.2, -0.15) is 5.10 Å². The van der Waals surface area contributed by atoms with Crippen molar-refractivity contribution in [3.8, 4) is 11.5 Å². The molecule has 4 rings (SSSR count). The van der Waals surface area contributed by atoms with Gasteiger partial charge in [0.1, 0.15) is 6.54 Å². The molecule has 0 spiro atoms. The molecular weight excluding hydrogens is 448 g/mol. The number of benzene rings is 1. The van der Waals surface area contributed by atoms with E-state index < -0.39 is 0 Å². The van der Waals surface area contributed by atoms with Gasteiger partial charge in [0.05, 0.1) is 25.8 Å². The fourth-order valence-electron chi connectivity index (χ4n) is 5.72. The maximum atomic E-state index is 13.5. The second-order valence-electron chi connectivity index (χ2n) is 9.56. The largest absolute Gasteiger partial charge is 0.493 e. The summed E-state index contributed by atoms with van der Waals surface area (Å²) in [4.78, 5) is 31.4. The van der Waals surface area contributed by atoms with Crippen molar-refractivity contribution in [2.45, 2.75) is 51.1 Å². The third-order valence-electron chi connectivity index (χ3n) is 7.46. The number of amides is 1. The van der Waals surface area contributed by atoms with E-state index in [1.807, 2.05) is 4.90 Å². The zero-order chi connectivity index (χ0) is 24.8. The van der Waals surface area contributed by atoms with Gasteiger partial charge >= 0.3 is 0 Å². The monoisotopic (exact) mass is 486 g/mol. The van der Waals surface area contributed by atoms with Gasteiger partial charge in [-0.1, -0.05) is 6.42 Å². The second-order valence-corrected chi connectivity index (χ2v) is 9.56. The van der Waals surface area contributed by atoms with E-state index >= 15 is 0 Å². The molecule has 2 fully saturated rings. The molecule has 2 aliphatic heterocycles. The zero-order valence-corrected chi connectivity index (χ0v) is 21.2. The Bertz CT molecular complexity index is 1070. The predicted molar refractivity (Wildman–Crippen MR) is 134 cm³/mol. The van der Waals surface area contributed by atoms with Crippen LogP contribution in [0.25, 0.3) is 10.8 Å². The predicted octanol–water partition coefficient (Wildman–Crippen LogP) is 2.54. The molecule has 1 aromatic carbocycles. The lowest BCUT2D eigenvalue weighted by Gasteiger charge is -2.45. The van der Waals surface area contributed by atoms with Gasteiger partial charge in [0, 0.05) is 38.2 Å². The second kappa shape index (κ2) is 11.9. The molecular formula is C26H38N4O5. The molecule has 192 valence electrons. The van der Waals surface area contributed by atoms with Crippen molar-refractivity contribution < 1.29 is 19.0 Å². The van der Waals surface area contributed by atoms with Crippen LogP contribution >= 0.6 is 0 Å². The van der Waals surface area contributed by atoms with E-state index in [0.29, 0.717) is 53.9 Å². The molecule has 0 aliphatic carbocycles. The Labute approximate surface area is 206 Å². The van der Waals surface area contributed by atoms with Crippen LogP contribution < -0.4 is 15.0 Å². The lowest BCUT2D eigenvalue weighted by molar-refractivity contribution is -0.133. The van der Waals surface area contributed by atoms with E-state index in [9.17, 15) is 9.59 Å². The van der Waals surface area contributed by atoms with Crippen LogP contribution in [0.15, 0.2) is 23.1 Å². The van der Waals surface area contributed by atoms with Crippen molar-refractivity contribution in [1.29, 1.82) is 0 Å². The number of hydrogen-bond acceptors (Lipinski definition) is 7. The minimum absolute atomic E-state index is 0.0927. The lowest BCUT2D eigenvalue weighted by atomic mass is 9.83. The van der Waals surface area contributed by atoms with E-state index in [1.54, 1.807) is 25.4 Å². The van der Waals surface area contributed by atoms with E-state index in [0.717, 1.165) is 12.8 Å². The maximum absolute atomic E-state index is 13.5. The standard InChI is InChI=1S/C26H38N4O5/c1-33-15-7-14-29(17-20-8-6-13-28-12-5-4-9-21(20)28)23(31)18-30-26(32)24-19(16-27-30)10-11-22(34-2)25(24)35-3/h10-11,16,20-21H,4-9,12-15,17-18H2,1-3H3/t20-,21+/m0/s1. The average Bonchev–Trinajstić information content (AvgIpc) is 2.89. The number of aromatic nitrogens is 2. The molecule has 9 heteroatoms. The summed E-state index contributed by atoms with van der Waals surface area (Å²) in [7, 11) is 4.71. The molecule has 35 heavy (non-hydrogen) atoms. The maximum Gasteiger partial charge on any atom is 0.279 e. The van der Waals surface area contributed by atoms with Crippen LogP contribution in [0, 0.1) is 5.92 Å². The van der Waals surface area contributed by atoms with Crippen LogP contribution in [0.3, 0.4) is 0 Å². The van der Waals surface area contributed by atoms with Crippen LogP contribution in [0.4, 0.5) is 0 Å². The van der Waals surface area contributed by atoms with Gasteiger partial charge in [-0.25, -0.2) is 4.68 Å². The molecule has 1 aromatic heterocycles. The Kier molecular flexibility index (Phi) is 8.62. The van der Waals surface area contributed by atoms with Crippen LogP contribution in [0.2, 0.25) is 0 Å². The zero-order valence-electron chi connectivity index (χ0n) is 21.2. The third-order valence-corrected chi connectivity index (χ3v) is 7.46. The van der Waals surface area contributed by atoms with E-state index in [1.165, 1.54) is 57.7 Å². The molecule has 9 nitrogen and oxygen atoms in total. The fourth-order valence-corrected chi connectivity index (χ4v) is 5.72. The quantitative estimate of drug-likeness (QED) is 0.477. The first-order valence-electron chi connectivity index (χ1n) is 12.7. The van der Waals surface area contributed by atoms with Crippen LogP contribution in [0.1, 0.15) is 38.5 Å². The molecule has 0 radical (unpaired) electrons. The summed E-state index contributed by atoms with van der Waals surface area (Å²) in [6, 6.07) is 4.06. The molecule has 0 N–H and O–H groups in total. The Hall–Kier alpha value is -2.65. The number of piperidine rings is 2. The number of ether oxygens (including phenoxy) is 3. The number of nitrogens with zero attached hydrogens (tertiary/aromatic N) is 4. The topological polar surface area (TPSA) is 86.1 Å². The first kappa shape index (κ1) is 25.4. The van der Waals surface area contributed by atoms with Crippen LogP contribution in [0.5, 0.6) is 11.5 Å². The Morgan fingerprint density at radius 2 is 1.94 bits per heavy atom. The molecule has 2 aromatic rings. The van der Waals surface area contributed by atoms with Gasteiger partial charge in [-0.3, -0.25) is 9.59 Å². The number of carbonyl (C=O) groups excluding carboxylic acids is 1. The highest BCUT2D eigenvalue weighted by atomic mass is 16.5. The van der Waals surface area contributed by atoms with Gasteiger partial charge in [0.15, 0.2) is 11.5 Å². The molecule has 2 aliphatic rings. The van der Waals surface area contributed by atoms with Crippen molar-refractivity contribution in [3.63, 3.8) is 0 Å². The Morgan fingerprint density at radius 3 is 2.71 bits per heavy atom. The van der Waals surface area contributed by atoms with E-state index in [4.69, 9.17) is 14.2 Å². The summed E-state index contributed by atoms with van der Waals surface area (Å²) in [6.07, 6.45) is 8.41. The Morgan fingerprint density at radius 1 is 1.11 bits per heavy atom. The van der Waals surface area contributed by atoms with Gasteiger partial charge in [-0.05, 0) is 63.2 Å². The minimum atomic E-state index is -0.362. The third kappa shape index (κ3) is 5.62. The molecule has 2 atom stereocenters. The number of fused-ring (bicyclic) bond motifs is 2. The summed E-state index contributed by atoms with van der Waals surface area (Å²) in [5, 5.41) is 5.31. The summed E-state index contributed by atoms with van der Waals surface area (Å²) >= 11 is 0. The van der Waals surface area contributed by atoms with Crippen molar-refractivity contribution in [2.75, 3.05) is 54.1 Å². The summed E-state index contributed by atoms with van der Waals surface area (Å²) in [6.45, 7) is 4.14. The highest BCUT2D eigenvalue weighted by Crippen LogP contribution is 2.33. The SMILES string of the molecule is COCCCN(C[C@@H]1CCCN2CCCC[C@H]12)C(=O)Cn1ncc2ccc(OC)c(OC)c2c1=O. The number of methoxy groups -OCH3 is 3. The molecule has 2 saturated heterocycles. The van der Waals surface area contributed by atoms with Gasteiger partial charge in [0.2, 0.25) is 5.91 Å². The number of carbonyl (C=O) groups is 1. The number of rotatable bonds is 10. The van der Waals surface area contributed by atoms with Gasteiger partial charge < -0.3 is 24.0 Å². The lowest BCUT2D eigenvalue weighted by Crippen LogP contribution is -2.52. The van der Waals surface area contributed by atoms with E-state index in [-0.39, 0.29) is 18.0 Å². The molecule has 3 heterocycles. The van der Waals surface area contributed by atoms with Crippen molar-refractivity contribution in [1.82, 2.24) is 19.6 Å². The highest BCUT2D eigenvalue weighted by Gasteiger charge is 2.34. The summed E-state index contributed by atoms with van der Waals surface area (Å²) in [5.74, 6) is 1.19. The molecule has 0 saturated carbocycles. The molecule has 0 bridgehead atoms. The van der Waals surface area contributed by atoms with Crippen molar-refractivity contribution >= 4 is 16.7 Å². The number of hydrogen-bond donors (Lipinski definition) is 0.